The quantitative estimate of drug-likeness (QED) is 0.0156. The van der Waals surface area contributed by atoms with Crippen molar-refractivity contribution in [2.24, 2.45) is 0 Å². The number of ether oxygens (including phenoxy) is 5. The van der Waals surface area contributed by atoms with Crippen molar-refractivity contribution in [2.75, 3.05) is 50.2 Å². The maximum Gasteiger partial charge on any atom is 0.303 e. The molecule has 0 aliphatic heterocycles. The van der Waals surface area contributed by atoms with Crippen LogP contribution >= 0.6 is 67.8 Å². The predicted molar refractivity (Wildman–Crippen MR) is 274 cm³/mol. The third kappa shape index (κ3) is 12.6. The summed E-state index contributed by atoms with van der Waals surface area (Å²) in [5.41, 5.74) is -25.1. The Labute approximate surface area is 462 Å². The van der Waals surface area contributed by atoms with E-state index in [2.05, 4.69) is 10.6 Å². The SMILES string of the molecule is CNC(=O)c1c(I)c(NC(=O)[C@@](O)(C(C)=O)[C@](O)(C(C)=O)[C@@](O)(C(C)=O)[C@@H](COC(C)=O)OC(C)=O)c(I)c(N(CCOC[C@@](O)(C(C)=O)[C@](O)(C(C)=O)[C@@](O)(C(C)=O)[C@@H](COC(C)=O)OC(C)=O)C(C)=O)c1I. The van der Waals surface area contributed by atoms with E-state index < -0.39 is 161 Å². The van der Waals surface area contributed by atoms with E-state index in [-0.39, 0.29) is 22.0 Å². The predicted octanol–water partition coefficient (Wildman–Crippen LogP) is -1.92. The van der Waals surface area contributed by atoms with Crippen molar-refractivity contribution in [1.29, 1.82) is 0 Å². The van der Waals surface area contributed by atoms with Gasteiger partial charge >= 0.3 is 23.9 Å². The summed E-state index contributed by atoms with van der Waals surface area (Å²) in [4.78, 5) is 171. The van der Waals surface area contributed by atoms with E-state index in [1.807, 2.05) is 0 Å². The highest BCUT2D eigenvalue weighted by molar-refractivity contribution is 14.1. The Bertz CT molecular complexity index is 2520. The normalized spacial score (nSPS) is 16.9. The number of nitrogens with zero attached hydrogens (tertiary/aromatic N) is 1. The molecule has 0 spiro atoms. The molecule has 1 aromatic carbocycles. The number of amides is 3. The van der Waals surface area contributed by atoms with Crippen molar-refractivity contribution in [1.82, 2.24) is 5.32 Å². The number of benzene rings is 1. The molecule has 0 aromatic heterocycles. The first-order valence-corrected chi connectivity index (χ1v) is 24.5. The number of hydrogen-bond donors (Lipinski definition) is 8. The average Bonchev–Trinajstić information content (AvgIpc) is 3.28. The van der Waals surface area contributed by atoms with Crippen molar-refractivity contribution in [2.45, 2.75) is 122 Å². The first-order valence-electron chi connectivity index (χ1n) is 21.3. The molecule has 1 aromatic rings. The van der Waals surface area contributed by atoms with Crippen LogP contribution in [0.5, 0.6) is 0 Å². The molecule has 8 atom stereocenters. The number of halogens is 3. The monoisotopic (exact) mass is 1390 g/mol. The van der Waals surface area contributed by atoms with Gasteiger partial charge in [0.2, 0.25) is 33.9 Å². The minimum absolute atomic E-state index is 0.0753. The molecule has 30 heteroatoms. The number of ketones is 6. The van der Waals surface area contributed by atoms with Crippen LogP contribution in [0.2, 0.25) is 0 Å². The number of aliphatic hydroxyl groups is 6. The van der Waals surface area contributed by atoms with Gasteiger partial charge in [-0.2, -0.15) is 0 Å². The summed E-state index contributed by atoms with van der Waals surface area (Å²) in [6.45, 7) is 1.84. The molecule has 0 aliphatic rings. The third-order valence-electron chi connectivity index (χ3n) is 11.6. The molecule has 8 N–H and O–H groups in total. The first kappa shape index (κ1) is 67.5. The second-order valence-corrected chi connectivity index (χ2v) is 19.7. The number of carbonyl (C=O) groups is 13. The lowest BCUT2D eigenvalue weighted by molar-refractivity contribution is -0.261. The van der Waals surface area contributed by atoms with Crippen molar-refractivity contribution in [3.05, 3.63) is 16.3 Å². The Morgan fingerprint density at radius 2 is 0.973 bits per heavy atom. The van der Waals surface area contributed by atoms with Gasteiger partial charge in [0.1, 0.15) is 13.2 Å². The molecular weight excluding hydrogens is 1340 g/mol. The zero-order chi connectivity index (χ0) is 58.2. The summed E-state index contributed by atoms with van der Waals surface area (Å²) in [6.07, 6.45) is -5.05. The van der Waals surface area contributed by atoms with E-state index in [1.165, 1.54) is 52.2 Å². The van der Waals surface area contributed by atoms with E-state index >= 15 is 0 Å². The number of Topliss-reactive ketones (excluding diaryl/α,β-unsaturated/α-hetero) is 6. The fraction of sp³-hybridized carbons (Fsp3) is 0.568. The summed E-state index contributed by atoms with van der Waals surface area (Å²) in [7, 11) is 1.18. The van der Waals surface area contributed by atoms with E-state index in [4.69, 9.17) is 23.7 Å². The number of esters is 4. The van der Waals surface area contributed by atoms with E-state index in [0.29, 0.717) is 41.5 Å². The van der Waals surface area contributed by atoms with Gasteiger partial charge in [0.05, 0.1) is 40.9 Å². The van der Waals surface area contributed by atoms with E-state index in [9.17, 15) is 93.0 Å². The maximum atomic E-state index is 14.6. The summed E-state index contributed by atoms with van der Waals surface area (Å²) in [5, 5.41) is 76.9. The third-order valence-corrected chi connectivity index (χ3v) is 14.7. The molecule has 0 saturated heterocycles. The van der Waals surface area contributed by atoms with Gasteiger partial charge in [0, 0.05) is 48.2 Å². The Kier molecular flexibility index (Phi) is 23.7. The molecule has 0 unspecified atom stereocenters. The van der Waals surface area contributed by atoms with Gasteiger partial charge in [-0.25, -0.2) is 0 Å². The van der Waals surface area contributed by atoms with Crippen LogP contribution in [-0.2, 0) is 81.2 Å². The van der Waals surface area contributed by atoms with Gasteiger partial charge in [-0.3, -0.25) is 62.3 Å². The van der Waals surface area contributed by atoms with Gasteiger partial charge < -0.3 is 69.9 Å². The van der Waals surface area contributed by atoms with Crippen LogP contribution < -0.4 is 15.5 Å². The zero-order valence-corrected chi connectivity index (χ0v) is 48.3. The van der Waals surface area contributed by atoms with Gasteiger partial charge in [-0.15, -0.1) is 0 Å². The minimum Gasteiger partial charge on any atom is -0.462 e. The summed E-state index contributed by atoms with van der Waals surface area (Å²) in [6, 6.07) is 0. The Morgan fingerprint density at radius 1 is 0.554 bits per heavy atom. The number of hydrogen-bond acceptors (Lipinski definition) is 24. The molecule has 3 amide bonds. The second kappa shape index (κ2) is 26.0. The zero-order valence-electron chi connectivity index (χ0n) is 41.8. The molecule has 0 heterocycles. The number of carbonyl (C=O) groups excluding carboxylic acids is 13. The van der Waals surface area contributed by atoms with Crippen LogP contribution in [0.1, 0.15) is 86.5 Å². The van der Waals surface area contributed by atoms with E-state index in [1.54, 1.807) is 22.6 Å². The van der Waals surface area contributed by atoms with Crippen LogP contribution in [-0.4, -0.2) is 193 Å². The Balaban J connectivity index is 4.27. The standard InChI is InChI=1S/C44H56I3N3O24/c1-18(51)39(64,43(68,22(5)55)40(65,19(2)52)29(73-27(10)60)15-71-25(8)58)17-70-14-13-50(24(7)57)36-33(46)31(37(62)48-12)32(45)35(34(36)47)49-38(63)42(67,21(4)54)44(69,23(6)56)41(66,20(3)53)30(74-28(11)61)16-72-26(9)59/h29-30,64-69H,13-17H2,1-12H3,(H,48,62)(H,49,63)/t29-,30-,39-,40-,41-,42+,43-,44+/m1/s1. The molecule has 412 valence electrons. The molecular formula is C44H56I3N3O24. The maximum absolute atomic E-state index is 14.6. The Hall–Kier alpha value is -4.56. The lowest BCUT2D eigenvalue weighted by Gasteiger charge is -2.50. The van der Waals surface area contributed by atoms with Crippen molar-refractivity contribution in [3.63, 3.8) is 0 Å². The number of rotatable bonds is 27. The average molecular weight is 1390 g/mol. The highest BCUT2D eigenvalue weighted by Gasteiger charge is 2.76. The molecule has 27 nitrogen and oxygen atoms in total. The summed E-state index contributed by atoms with van der Waals surface area (Å²) < 4.78 is 24.5. The lowest BCUT2D eigenvalue weighted by atomic mass is 9.62. The molecule has 0 saturated carbocycles. The van der Waals surface area contributed by atoms with Crippen LogP contribution in [0.3, 0.4) is 0 Å². The number of anilines is 2. The van der Waals surface area contributed by atoms with Crippen molar-refractivity contribution in [3.8, 4) is 0 Å². The van der Waals surface area contributed by atoms with Crippen LogP contribution in [0.25, 0.3) is 0 Å². The lowest BCUT2D eigenvalue weighted by Crippen LogP contribution is -2.82. The summed E-state index contributed by atoms with van der Waals surface area (Å²) in [5.74, 6) is -18.8. The van der Waals surface area contributed by atoms with Crippen molar-refractivity contribution < 1.29 is 117 Å². The van der Waals surface area contributed by atoms with Gasteiger partial charge in [0.25, 0.3) is 11.8 Å². The first-order chi connectivity index (χ1) is 33.6. The molecule has 0 fully saturated rings. The fourth-order valence-corrected chi connectivity index (χ4v) is 12.2. The molecule has 0 bridgehead atoms. The molecule has 0 aliphatic carbocycles. The Morgan fingerprint density at radius 3 is 1.30 bits per heavy atom. The minimum atomic E-state index is -4.32. The van der Waals surface area contributed by atoms with Crippen LogP contribution in [0, 0.1) is 10.7 Å². The number of nitrogens with one attached hydrogen (secondary N) is 2. The fourth-order valence-electron chi connectivity index (χ4n) is 7.74. The molecule has 74 heavy (non-hydrogen) atoms. The molecule has 0 radical (unpaired) electrons. The van der Waals surface area contributed by atoms with Gasteiger partial charge in [-0.05, 0) is 109 Å². The molecule has 1 rings (SSSR count). The summed E-state index contributed by atoms with van der Waals surface area (Å²) >= 11 is 4.70. The topological polar surface area (TPSA) is 417 Å². The van der Waals surface area contributed by atoms with Crippen molar-refractivity contribution >= 4 is 155 Å². The largest absolute Gasteiger partial charge is 0.462 e. The second-order valence-electron chi connectivity index (χ2n) is 16.5. The van der Waals surface area contributed by atoms with Crippen LogP contribution in [0.15, 0.2) is 0 Å². The van der Waals surface area contributed by atoms with Gasteiger partial charge in [0.15, 0.2) is 52.5 Å². The highest BCUT2D eigenvalue weighted by Crippen LogP contribution is 2.45. The highest BCUT2D eigenvalue weighted by atomic mass is 127. The van der Waals surface area contributed by atoms with Crippen LogP contribution in [0.4, 0.5) is 11.4 Å². The van der Waals surface area contributed by atoms with Gasteiger partial charge in [-0.1, -0.05) is 0 Å². The smallest absolute Gasteiger partial charge is 0.303 e. The van der Waals surface area contributed by atoms with E-state index in [0.717, 1.165) is 39.5 Å².